The highest BCUT2D eigenvalue weighted by Crippen LogP contribution is 2.35. The van der Waals surface area contributed by atoms with Gasteiger partial charge >= 0.3 is 0 Å². The fraction of sp³-hybridized carbons (Fsp3) is 0.200. The minimum Gasteiger partial charge on any atom is -0.449 e. The van der Waals surface area contributed by atoms with Crippen molar-refractivity contribution in [3.05, 3.63) is 53.1 Å². The van der Waals surface area contributed by atoms with Crippen LogP contribution in [0.3, 0.4) is 0 Å². The second kappa shape index (κ2) is 7.45. The van der Waals surface area contributed by atoms with Gasteiger partial charge < -0.3 is 9.47 Å². The van der Waals surface area contributed by atoms with Crippen molar-refractivity contribution < 1.29 is 18.3 Å². The van der Waals surface area contributed by atoms with Gasteiger partial charge in [0.05, 0.1) is 7.14 Å². The summed E-state index contributed by atoms with van der Waals surface area (Å²) in [5.74, 6) is -2.58. The number of benzene rings is 2. The number of hydrogen-bond donors (Lipinski definition) is 0. The van der Waals surface area contributed by atoms with Crippen LogP contribution in [0.4, 0.5) is 8.78 Å². The molecule has 2 aromatic carbocycles. The van der Waals surface area contributed by atoms with Crippen LogP contribution in [0.5, 0.6) is 11.5 Å². The van der Waals surface area contributed by atoms with Crippen molar-refractivity contribution in [2.24, 2.45) is 0 Å². The second-order valence-corrected chi connectivity index (χ2v) is 8.20. The molecule has 0 unspecified atom stereocenters. The van der Waals surface area contributed by atoms with Gasteiger partial charge in [0, 0.05) is 23.9 Å². The summed E-state index contributed by atoms with van der Waals surface area (Å²) in [6.07, 6.45) is 0. The first-order chi connectivity index (χ1) is 10.6. The maximum absolute atomic E-state index is 14.0. The molecule has 2 nitrogen and oxygen atoms in total. The molecule has 0 atom stereocenters. The van der Waals surface area contributed by atoms with Gasteiger partial charge in [-0.2, -0.15) is 0 Å². The Morgan fingerprint density at radius 2 is 1.17 bits per heavy atom. The zero-order valence-electron chi connectivity index (χ0n) is 11.9. The maximum Gasteiger partial charge on any atom is 0.246 e. The minimum atomic E-state index is -1.32. The van der Waals surface area contributed by atoms with E-state index in [-0.39, 0.29) is 21.5 Å². The SMILES string of the molecule is CC(C)(Oc1c(F)cc(Cl)cc1I)Oc1c(F)cc(Cl)cc1I. The molecule has 0 heterocycles. The van der Waals surface area contributed by atoms with Gasteiger partial charge in [-0.3, -0.25) is 0 Å². The molecule has 2 rings (SSSR count). The van der Waals surface area contributed by atoms with Gasteiger partial charge in [0.1, 0.15) is 0 Å². The zero-order valence-corrected chi connectivity index (χ0v) is 17.7. The minimum absolute atomic E-state index is 0.00983. The second-order valence-electron chi connectivity index (χ2n) is 5.00. The summed E-state index contributed by atoms with van der Waals surface area (Å²) in [6, 6.07) is 5.40. The Labute approximate surface area is 169 Å². The monoisotopic (exact) mass is 584 g/mol. The van der Waals surface area contributed by atoms with E-state index in [1.54, 1.807) is 26.0 Å². The van der Waals surface area contributed by atoms with Gasteiger partial charge in [-0.15, -0.1) is 0 Å². The molecule has 0 aliphatic heterocycles. The van der Waals surface area contributed by atoms with E-state index in [0.717, 1.165) is 12.1 Å². The van der Waals surface area contributed by atoms with E-state index in [1.807, 2.05) is 45.2 Å². The Balaban J connectivity index is 2.30. The highest BCUT2D eigenvalue weighted by molar-refractivity contribution is 14.1. The first kappa shape index (κ1) is 19.3. The Morgan fingerprint density at radius 1 is 0.826 bits per heavy atom. The fourth-order valence-electron chi connectivity index (χ4n) is 1.77. The van der Waals surface area contributed by atoms with E-state index < -0.39 is 17.4 Å². The van der Waals surface area contributed by atoms with Crippen molar-refractivity contribution in [3.8, 4) is 11.5 Å². The molecule has 0 radical (unpaired) electrons. The van der Waals surface area contributed by atoms with Crippen LogP contribution in [0.15, 0.2) is 24.3 Å². The lowest BCUT2D eigenvalue weighted by molar-refractivity contribution is -0.0862. The van der Waals surface area contributed by atoms with Crippen LogP contribution in [0, 0.1) is 18.8 Å². The van der Waals surface area contributed by atoms with Crippen molar-refractivity contribution >= 4 is 68.4 Å². The summed E-state index contributed by atoms with van der Waals surface area (Å²) >= 11 is 15.4. The van der Waals surface area contributed by atoms with Crippen LogP contribution in [-0.4, -0.2) is 5.79 Å². The summed E-state index contributed by atoms with van der Waals surface area (Å²) in [5, 5.41) is 0.521. The van der Waals surface area contributed by atoms with Crippen molar-refractivity contribution in [2.45, 2.75) is 19.6 Å². The van der Waals surface area contributed by atoms with Crippen molar-refractivity contribution in [1.29, 1.82) is 0 Å². The molecule has 0 fully saturated rings. The van der Waals surface area contributed by atoms with Gasteiger partial charge in [-0.25, -0.2) is 8.78 Å². The number of halogens is 6. The quantitative estimate of drug-likeness (QED) is 0.295. The van der Waals surface area contributed by atoms with E-state index in [9.17, 15) is 8.78 Å². The molecule has 0 spiro atoms. The molecule has 124 valence electrons. The standard InChI is InChI=1S/C15H10Cl2F2I2O2/c1-15(2,22-13-9(18)3-7(16)5-11(13)20)23-14-10(19)4-8(17)6-12(14)21/h3-6H,1-2H3. The lowest BCUT2D eigenvalue weighted by atomic mass is 10.3. The third kappa shape index (κ3) is 4.96. The van der Waals surface area contributed by atoms with Gasteiger partial charge in [-0.05, 0) is 69.4 Å². The molecule has 0 aliphatic carbocycles. The van der Waals surface area contributed by atoms with E-state index in [4.69, 9.17) is 32.7 Å². The largest absolute Gasteiger partial charge is 0.449 e. The molecular weight excluding hydrogens is 575 g/mol. The first-order valence-corrected chi connectivity index (χ1v) is 9.17. The normalized spacial score (nSPS) is 11.5. The van der Waals surface area contributed by atoms with Crippen LogP contribution < -0.4 is 9.47 Å². The average Bonchev–Trinajstić information content (AvgIpc) is 2.38. The summed E-state index contributed by atoms with van der Waals surface area (Å²) < 4.78 is 40.2. The fourth-order valence-corrected chi connectivity index (χ4v) is 3.95. The van der Waals surface area contributed by atoms with Gasteiger partial charge in [0.15, 0.2) is 23.1 Å². The Hall–Kier alpha value is -0.0600. The number of ether oxygens (including phenoxy) is 2. The van der Waals surface area contributed by atoms with E-state index >= 15 is 0 Å². The van der Waals surface area contributed by atoms with Crippen molar-refractivity contribution in [1.82, 2.24) is 0 Å². The third-order valence-electron chi connectivity index (χ3n) is 2.62. The molecule has 0 aliphatic rings. The first-order valence-electron chi connectivity index (χ1n) is 6.26. The lowest BCUT2D eigenvalue weighted by Gasteiger charge is -2.29. The van der Waals surface area contributed by atoms with Crippen LogP contribution >= 0.6 is 68.4 Å². The van der Waals surface area contributed by atoms with Crippen LogP contribution in [0.1, 0.15) is 13.8 Å². The highest BCUT2D eigenvalue weighted by Gasteiger charge is 2.28. The maximum atomic E-state index is 14.0. The Morgan fingerprint density at radius 3 is 1.48 bits per heavy atom. The molecule has 0 saturated heterocycles. The van der Waals surface area contributed by atoms with Gasteiger partial charge in [-0.1, -0.05) is 23.2 Å². The van der Waals surface area contributed by atoms with E-state index in [1.165, 1.54) is 0 Å². The number of rotatable bonds is 4. The lowest BCUT2D eigenvalue weighted by Crippen LogP contribution is -2.36. The topological polar surface area (TPSA) is 18.5 Å². The molecule has 0 N–H and O–H groups in total. The molecular formula is C15H10Cl2F2I2O2. The Bertz CT molecular complexity index is 647. The van der Waals surface area contributed by atoms with E-state index in [2.05, 4.69) is 0 Å². The van der Waals surface area contributed by atoms with Crippen LogP contribution in [0.25, 0.3) is 0 Å². The summed E-state index contributed by atoms with van der Waals surface area (Å²) in [5.41, 5.74) is 0. The molecule has 0 saturated carbocycles. The molecule has 2 aromatic rings. The molecule has 0 amide bonds. The molecule has 8 heteroatoms. The van der Waals surface area contributed by atoms with Crippen LogP contribution in [-0.2, 0) is 0 Å². The molecule has 0 bridgehead atoms. The van der Waals surface area contributed by atoms with E-state index in [0.29, 0.717) is 7.14 Å². The summed E-state index contributed by atoms with van der Waals surface area (Å²) in [4.78, 5) is 0. The van der Waals surface area contributed by atoms with Crippen LogP contribution in [0.2, 0.25) is 10.0 Å². The average molecular weight is 585 g/mol. The highest BCUT2D eigenvalue weighted by atomic mass is 127. The predicted octanol–water partition coefficient (Wildman–Crippen LogP) is 6.67. The number of hydrogen-bond acceptors (Lipinski definition) is 2. The molecule has 23 heavy (non-hydrogen) atoms. The molecule has 0 aromatic heterocycles. The van der Waals surface area contributed by atoms with Gasteiger partial charge in [0.2, 0.25) is 5.79 Å². The third-order valence-corrected chi connectivity index (χ3v) is 4.66. The predicted molar refractivity (Wildman–Crippen MR) is 104 cm³/mol. The smallest absolute Gasteiger partial charge is 0.246 e. The van der Waals surface area contributed by atoms with Crippen molar-refractivity contribution in [3.63, 3.8) is 0 Å². The summed E-state index contributed by atoms with van der Waals surface area (Å²) in [6.45, 7) is 3.11. The van der Waals surface area contributed by atoms with Crippen molar-refractivity contribution in [2.75, 3.05) is 0 Å². The summed E-state index contributed by atoms with van der Waals surface area (Å²) in [7, 11) is 0. The zero-order chi connectivity index (χ0) is 17.4. The van der Waals surface area contributed by atoms with Gasteiger partial charge in [0.25, 0.3) is 0 Å². The Kier molecular flexibility index (Phi) is 6.24.